The zero-order valence-corrected chi connectivity index (χ0v) is 11.7. The number of rotatable bonds is 4. The number of benzene rings is 1. The van der Waals surface area contributed by atoms with Crippen molar-refractivity contribution in [3.8, 4) is 5.75 Å². The number of carbonyl (C=O) groups excluding carboxylic acids is 2. The number of phenolic OH excluding ortho intramolecular Hbond substituents is 1. The molecule has 0 aliphatic heterocycles. The van der Waals surface area contributed by atoms with E-state index in [4.69, 9.17) is 0 Å². The van der Waals surface area contributed by atoms with Crippen LogP contribution in [0, 0.1) is 12.8 Å². The lowest BCUT2D eigenvalue weighted by Gasteiger charge is -2.21. The van der Waals surface area contributed by atoms with Crippen molar-refractivity contribution < 1.29 is 14.7 Å². The minimum absolute atomic E-state index is 0.0463. The smallest absolute Gasteiger partial charge is 0.257 e. The van der Waals surface area contributed by atoms with Crippen LogP contribution in [0.1, 0.15) is 22.8 Å². The summed E-state index contributed by atoms with van der Waals surface area (Å²) in [5.74, 6) is -0.758. The van der Waals surface area contributed by atoms with Crippen molar-refractivity contribution in [1.82, 2.24) is 10.2 Å². The van der Waals surface area contributed by atoms with Crippen LogP contribution in [0.3, 0.4) is 0 Å². The Balaban J connectivity index is 2.82. The summed E-state index contributed by atoms with van der Waals surface area (Å²) < 4.78 is 0. The van der Waals surface area contributed by atoms with Gasteiger partial charge in [0.1, 0.15) is 5.75 Å². The molecule has 0 radical (unpaired) electrons. The monoisotopic (exact) mass is 264 g/mol. The van der Waals surface area contributed by atoms with Crippen LogP contribution in [0.2, 0.25) is 0 Å². The second-order valence-electron chi connectivity index (χ2n) is 4.72. The Morgan fingerprint density at radius 1 is 1.42 bits per heavy atom. The summed E-state index contributed by atoms with van der Waals surface area (Å²) in [6.45, 7) is 3.90. The number of hydrogen-bond donors (Lipinski definition) is 2. The number of hydrogen-bond acceptors (Lipinski definition) is 3. The third-order valence-electron chi connectivity index (χ3n) is 2.97. The van der Waals surface area contributed by atoms with Crippen molar-refractivity contribution in [1.29, 1.82) is 0 Å². The van der Waals surface area contributed by atoms with E-state index in [9.17, 15) is 14.7 Å². The highest BCUT2D eigenvalue weighted by molar-refractivity contribution is 5.97. The van der Waals surface area contributed by atoms with Crippen molar-refractivity contribution in [3.05, 3.63) is 29.3 Å². The SMILES string of the molecule is CNC(=O)C(C)CN(C)C(=O)c1cc(C)ccc1O. The quantitative estimate of drug-likeness (QED) is 0.857. The second-order valence-corrected chi connectivity index (χ2v) is 4.72. The Labute approximate surface area is 113 Å². The molecule has 1 atom stereocenters. The zero-order chi connectivity index (χ0) is 14.6. The van der Waals surface area contributed by atoms with Gasteiger partial charge in [-0.1, -0.05) is 18.6 Å². The first kappa shape index (κ1) is 15.0. The first-order valence-electron chi connectivity index (χ1n) is 6.13. The van der Waals surface area contributed by atoms with Gasteiger partial charge in [-0.15, -0.1) is 0 Å². The van der Waals surface area contributed by atoms with E-state index in [1.165, 1.54) is 11.0 Å². The highest BCUT2D eigenvalue weighted by Crippen LogP contribution is 2.20. The molecule has 0 aromatic heterocycles. The molecule has 1 rings (SSSR count). The topological polar surface area (TPSA) is 69.6 Å². The summed E-state index contributed by atoms with van der Waals surface area (Å²) in [6, 6.07) is 4.87. The molecular formula is C14H20N2O3. The van der Waals surface area contributed by atoms with Gasteiger partial charge in [0.15, 0.2) is 0 Å². The predicted molar refractivity (Wildman–Crippen MR) is 73.0 cm³/mol. The number of nitrogens with one attached hydrogen (secondary N) is 1. The maximum Gasteiger partial charge on any atom is 0.257 e. The molecule has 104 valence electrons. The Bertz CT molecular complexity index is 486. The van der Waals surface area contributed by atoms with Crippen LogP contribution in [-0.4, -0.2) is 42.5 Å². The third-order valence-corrected chi connectivity index (χ3v) is 2.97. The van der Waals surface area contributed by atoms with E-state index in [2.05, 4.69) is 5.32 Å². The molecule has 2 amide bonds. The Hall–Kier alpha value is -2.04. The van der Waals surface area contributed by atoms with Gasteiger partial charge in [-0.05, 0) is 19.1 Å². The van der Waals surface area contributed by atoms with E-state index in [1.54, 1.807) is 33.2 Å². The first-order chi connectivity index (χ1) is 8.86. The third kappa shape index (κ3) is 3.71. The van der Waals surface area contributed by atoms with Crippen LogP contribution in [-0.2, 0) is 4.79 Å². The largest absolute Gasteiger partial charge is 0.507 e. The van der Waals surface area contributed by atoms with Gasteiger partial charge in [-0.25, -0.2) is 0 Å². The number of amides is 2. The molecule has 1 aromatic carbocycles. The fourth-order valence-corrected chi connectivity index (χ4v) is 1.85. The van der Waals surface area contributed by atoms with E-state index < -0.39 is 0 Å². The summed E-state index contributed by atoms with van der Waals surface area (Å²) in [5, 5.41) is 12.3. The normalized spacial score (nSPS) is 11.8. The van der Waals surface area contributed by atoms with Gasteiger partial charge >= 0.3 is 0 Å². The summed E-state index contributed by atoms with van der Waals surface area (Å²) in [6.07, 6.45) is 0. The van der Waals surface area contributed by atoms with Crippen LogP contribution in [0.5, 0.6) is 5.75 Å². The average Bonchev–Trinajstić information content (AvgIpc) is 2.39. The molecule has 1 unspecified atom stereocenters. The zero-order valence-electron chi connectivity index (χ0n) is 11.7. The summed E-state index contributed by atoms with van der Waals surface area (Å²) in [5.41, 5.74) is 1.15. The lowest BCUT2D eigenvalue weighted by atomic mass is 10.1. The summed E-state index contributed by atoms with van der Waals surface area (Å²) in [4.78, 5) is 25.1. The molecule has 19 heavy (non-hydrogen) atoms. The minimum atomic E-state index is -0.300. The summed E-state index contributed by atoms with van der Waals surface area (Å²) >= 11 is 0. The highest BCUT2D eigenvalue weighted by atomic mass is 16.3. The molecule has 1 aromatic rings. The van der Waals surface area contributed by atoms with Crippen molar-refractivity contribution in [3.63, 3.8) is 0 Å². The first-order valence-corrected chi connectivity index (χ1v) is 6.13. The molecule has 0 saturated carbocycles. The fraction of sp³-hybridized carbons (Fsp3) is 0.429. The molecular weight excluding hydrogens is 244 g/mol. The van der Waals surface area contributed by atoms with Crippen LogP contribution in [0.15, 0.2) is 18.2 Å². The van der Waals surface area contributed by atoms with Crippen molar-refractivity contribution in [2.75, 3.05) is 20.6 Å². The minimum Gasteiger partial charge on any atom is -0.507 e. The lowest BCUT2D eigenvalue weighted by molar-refractivity contribution is -0.124. The molecule has 0 aliphatic carbocycles. The van der Waals surface area contributed by atoms with E-state index in [1.807, 2.05) is 6.92 Å². The van der Waals surface area contributed by atoms with Gasteiger partial charge in [-0.3, -0.25) is 9.59 Å². The number of carbonyl (C=O) groups is 2. The van der Waals surface area contributed by atoms with Gasteiger partial charge in [0.2, 0.25) is 5.91 Å². The highest BCUT2D eigenvalue weighted by Gasteiger charge is 2.20. The number of aryl methyl sites for hydroxylation is 1. The van der Waals surface area contributed by atoms with Crippen LogP contribution < -0.4 is 5.32 Å². The number of phenols is 1. The van der Waals surface area contributed by atoms with Gasteiger partial charge in [0, 0.05) is 20.6 Å². The van der Waals surface area contributed by atoms with E-state index >= 15 is 0 Å². The van der Waals surface area contributed by atoms with Crippen molar-refractivity contribution in [2.45, 2.75) is 13.8 Å². The van der Waals surface area contributed by atoms with E-state index in [0.29, 0.717) is 6.54 Å². The Morgan fingerprint density at radius 2 is 2.05 bits per heavy atom. The molecule has 0 fully saturated rings. The molecule has 0 aliphatic rings. The fourth-order valence-electron chi connectivity index (χ4n) is 1.85. The Kier molecular flexibility index (Phi) is 4.92. The van der Waals surface area contributed by atoms with Gasteiger partial charge in [0.25, 0.3) is 5.91 Å². The maximum absolute atomic E-state index is 12.2. The van der Waals surface area contributed by atoms with Gasteiger partial charge < -0.3 is 15.3 Å². The van der Waals surface area contributed by atoms with Crippen LogP contribution in [0.4, 0.5) is 0 Å². The van der Waals surface area contributed by atoms with E-state index in [-0.39, 0.29) is 29.0 Å². The maximum atomic E-state index is 12.2. The molecule has 0 bridgehead atoms. The number of nitrogens with zero attached hydrogens (tertiary/aromatic N) is 1. The summed E-state index contributed by atoms with van der Waals surface area (Å²) in [7, 11) is 3.18. The molecule has 0 spiro atoms. The lowest BCUT2D eigenvalue weighted by Crippen LogP contribution is -2.37. The average molecular weight is 264 g/mol. The molecule has 5 heteroatoms. The van der Waals surface area contributed by atoms with Crippen molar-refractivity contribution >= 4 is 11.8 Å². The molecule has 5 nitrogen and oxygen atoms in total. The molecule has 0 heterocycles. The molecule has 2 N–H and O–H groups in total. The number of aromatic hydroxyl groups is 1. The predicted octanol–water partition coefficient (Wildman–Crippen LogP) is 1.15. The van der Waals surface area contributed by atoms with Gasteiger partial charge in [0.05, 0.1) is 11.5 Å². The Morgan fingerprint density at radius 3 is 2.63 bits per heavy atom. The molecule has 0 saturated heterocycles. The standard InChI is InChI=1S/C14H20N2O3/c1-9-5-6-12(17)11(7-9)14(19)16(4)8-10(2)13(18)15-3/h5-7,10,17H,8H2,1-4H3,(H,15,18). The van der Waals surface area contributed by atoms with E-state index in [0.717, 1.165) is 5.56 Å². The van der Waals surface area contributed by atoms with Gasteiger partial charge in [-0.2, -0.15) is 0 Å². The van der Waals surface area contributed by atoms with Crippen LogP contribution >= 0.6 is 0 Å². The second kappa shape index (κ2) is 6.22. The van der Waals surface area contributed by atoms with Crippen LogP contribution in [0.25, 0.3) is 0 Å². The van der Waals surface area contributed by atoms with Crippen molar-refractivity contribution in [2.24, 2.45) is 5.92 Å².